The molecule has 0 spiro atoms. The fraction of sp³-hybridized carbons (Fsp3) is 0.450. The Bertz CT molecular complexity index is 953. The van der Waals surface area contributed by atoms with Crippen molar-refractivity contribution in [1.82, 2.24) is 14.5 Å². The molecule has 0 aromatic carbocycles. The van der Waals surface area contributed by atoms with E-state index in [2.05, 4.69) is 15.0 Å². The van der Waals surface area contributed by atoms with Gasteiger partial charge >= 0.3 is 12.2 Å². The Hall–Kier alpha value is -3.43. The molecule has 0 atom stereocenters. The first-order valence-electron chi connectivity index (χ1n) is 9.32. The number of hydrogen-bond donors (Lipinski definition) is 1. The molecule has 0 aliphatic heterocycles. The van der Waals surface area contributed by atoms with Gasteiger partial charge in [-0.3, -0.25) is 4.57 Å². The van der Waals surface area contributed by atoms with E-state index in [-0.39, 0.29) is 5.82 Å². The zero-order valence-electron chi connectivity index (χ0n) is 18.3. The number of carbonyl (C=O) groups is 2. The third kappa shape index (κ3) is 6.57. The molecule has 10 nitrogen and oxygen atoms in total. The topological polar surface area (TPSA) is 125 Å². The number of guanidine groups is 1. The highest BCUT2D eigenvalue weighted by Gasteiger charge is 2.29. The lowest BCUT2D eigenvalue weighted by Gasteiger charge is -2.25. The van der Waals surface area contributed by atoms with Crippen LogP contribution in [0.25, 0.3) is 5.82 Å². The van der Waals surface area contributed by atoms with Crippen LogP contribution in [0, 0.1) is 6.92 Å². The normalized spacial score (nSPS) is 12.4. The number of pyridine rings is 1. The SMILES string of the molecule is Cc1ccnc(-n2cnc(N(C(=O)OC(C)(C)C)C(N)=NC(=O)OC(C)(C)C)c2)c1. The number of anilines is 1. The van der Waals surface area contributed by atoms with Gasteiger partial charge < -0.3 is 15.2 Å². The molecule has 2 aromatic heterocycles. The van der Waals surface area contributed by atoms with Crippen LogP contribution in [-0.2, 0) is 9.47 Å². The van der Waals surface area contributed by atoms with Gasteiger partial charge in [0.15, 0.2) is 5.82 Å². The molecular formula is C20H28N6O4. The number of carbonyl (C=O) groups excluding carboxylic acids is 2. The van der Waals surface area contributed by atoms with Crippen LogP contribution in [0.3, 0.4) is 0 Å². The van der Waals surface area contributed by atoms with Crippen LogP contribution in [0.2, 0.25) is 0 Å². The Labute approximate surface area is 175 Å². The molecule has 0 unspecified atom stereocenters. The standard InChI is InChI=1S/C20H28N6O4/c1-13-8-9-22-14(10-13)25-11-15(23-12-25)26(18(28)30-20(5,6)7)16(21)24-17(27)29-19(2,3)4/h8-12H,1-7H3,(H2,21,24,27). The largest absolute Gasteiger partial charge is 0.443 e. The molecule has 0 radical (unpaired) electrons. The summed E-state index contributed by atoms with van der Waals surface area (Å²) in [7, 11) is 0. The van der Waals surface area contributed by atoms with Crippen LogP contribution in [0.15, 0.2) is 35.8 Å². The highest BCUT2D eigenvalue weighted by molar-refractivity contribution is 6.14. The lowest BCUT2D eigenvalue weighted by Crippen LogP contribution is -2.45. The molecule has 0 aliphatic carbocycles. The Kier molecular flexibility index (Phi) is 6.49. The van der Waals surface area contributed by atoms with Gasteiger partial charge in [-0.2, -0.15) is 4.90 Å². The second-order valence-electron chi connectivity index (χ2n) is 8.60. The Morgan fingerprint density at radius 2 is 1.73 bits per heavy atom. The number of aryl methyl sites for hydroxylation is 1. The number of nitrogens with zero attached hydrogens (tertiary/aromatic N) is 5. The fourth-order valence-electron chi connectivity index (χ4n) is 2.25. The van der Waals surface area contributed by atoms with Gasteiger partial charge in [0.1, 0.15) is 23.3 Å². The molecular weight excluding hydrogens is 388 g/mol. The Balaban J connectivity index is 2.42. The summed E-state index contributed by atoms with van der Waals surface area (Å²) in [6.07, 6.45) is 2.88. The second kappa shape index (κ2) is 8.52. The number of ether oxygens (including phenoxy) is 2. The molecule has 0 saturated heterocycles. The monoisotopic (exact) mass is 416 g/mol. The number of nitrogens with two attached hydrogens (primary N) is 1. The minimum atomic E-state index is -0.937. The van der Waals surface area contributed by atoms with E-state index in [0.717, 1.165) is 10.5 Å². The fourth-order valence-corrected chi connectivity index (χ4v) is 2.25. The molecule has 0 aliphatic rings. The molecule has 2 aromatic rings. The van der Waals surface area contributed by atoms with Crippen molar-refractivity contribution >= 4 is 24.0 Å². The van der Waals surface area contributed by atoms with Crippen LogP contribution < -0.4 is 10.6 Å². The number of aromatic nitrogens is 3. The molecule has 2 heterocycles. The first kappa shape index (κ1) is 22.9. The van der Waals surface area contributed by atoms with Crippen LogP contribution in [0.1, 0.15) is 47.1 Å². The van der Waals surface area contributed by atoms with Gasteiger partial charge in [0.05, 0.1) is 6.20 Å². The number of amides is 2. The minimum absolute atomic E-state index is 0.109. The van der Waals surface area contributed by atoms with E-state index in [1.54, 1.807) is 52.3 Å². The first-order chi connectivity index (χ1) is 13.7. The highest BCUT2D eigenvalue weighted by Crippen LogP contribution is 2.19. The van der Waals surface area contributed by atoms with Crippen molar-refractivity contribution < 1.29 is 19.1 Å². The van der Waals surface area contributed by atoms with Crippen LogP contribution in [-0.4, -0.2) is 43.9 Å². The summed E-state index contributed by atoms with van der Waals surface area (Å²) >= 11 is 0. The maximum atomic E-state index is 12.8. The summed E-state index contributed by atoms with van der Waals surface area (Å²) in [6, 6.07) is 3.71. The number of rotatable bonds is 2. The third-order valence-electron chi connectivity index (χ3n) is 3.37. The average Bonchev–Trinajstić information content (AvgIpc) is 3.00. The van der Waals surface area contributed by atoms with Crippen molar-refractivity contribution in [1.29, 1.82) is 0 Å². The predicted molar refractivity (Wildman–Crippen MR) is 113 cm³/mol. The van der Waals surface area contributed by atoms with Crippen molar-refractivity contribution in [3.63, 3.8) is 0 Å². The summed E-state index contributed by atoms with van der Waals surface area (Å²) in [6.45, 7) is 12.1. The van der Waals surface area contributed by atoms with Gasteiger partial charge in [0.2, 0.25) is 5.96 Å². The summed E-state index contributed by atoms with van der Waals surface area (Å²) < 4.78 is 12.2. The number of hydrogen-bond acceptors (Lipinski definition) is 6. The Morgan fingerprint density at radius 3 is 2.30 bits per heavy atom. The van der Waals surface area contributed by atoms with Crippen molar-refractivity contribution in [3.8, 4) is 5.82 Å². The molecule has 0 bridgehead atoms. The summed E-state index contributed by atoms with van der Waals surface area (Å²) in [5, 5.41) is 0. The van der Waals surface area contributed by atoms with Crippen molar-refractivity contribution in [2.45, 2.75) is 59.7 Å². The lowest BCUT2D eigenvalue weighted by atomic mass is 10.2. The maximum absolute atomic E-state index is 12.8. The Morgan fingerprint density at radius 1 is 1.10 bits per heavy atom. The maximum Gasteiger partial charge on any atom is 0.437 e. The zero-order valence-corrected chi connectivity index (χ0v) is 18.3. The molecule has 10 heteroatoms. The molecule has 2 rings (SSSR count). The zero-order chi connectivity index (χ0) is 22.7. The predicted octanol–water partition coefficient (Wildman–Crippen LogP) is 3.57. The molecule has 2 N–H and O–H groups in total. The number of imidazole rings is 1. The lowest BCUT2D eigenvalue weighted by molar-refractivity contribution is 0.0600. The van der Waals surface area contributed by atoms with E-state index < -0.39 is 29.3 Å². The average molecular weight is 416 g/mol. The van der Waals surface area contributed by atoms with E-state index in [9.17, 15) is 9.59 Å². The minimum Gasteiger partial charge on any atom is -0.443 e. The van der Waals surface area contributed by atoms with Gasteiger partial charge in [0, 0.05) is 6.20 Å². The molecule has 0 saturated carbocycles. The van der Waals surface area contributed by atoms with E-state index in [0.29, 0.717) is 5.82 Å². The van der Waals surface area contributed by atoms with Crippen molar-refractivity contribution in [2.75, 3.05) is 4.90 Å². The van der Waals surface area contributed by atoms with Crippen LogP contribution in [0.5, 0.6) is 0 Å². The first-order valence-corrected chi connectivity index (χ1v) is 9.32. The summed E-state index contributed by atoms with van der Waals surface area (Å²) in [5.74, 6) is 0.277. The van der Waals surface area contributed by atoms with Crippen LogP contribution >= 0.6 is 0 Å². The van der Waals surface area contributed by atoms with Gasteiger partial charge in [-0.15, -0.1) is 4.99 Å². The van der Waals surface area contributed by atoms with Crippen molar-refractivity contribution in [3.05, 3.63) is 36.4 Å². The van der Waals surface area contributed by atoms with E-state index >= 15 is 0 Å². The molecule has 30 heavy (non-hydrogen) atoms. The van der Waals surface area contributed by atoms with Gasteiger partial charge in [-0.1, -0.05) is 0 Å². The van der Waals surface area contributed by atoms with E-state index in [4.69, 9.17) is 15.2 Å². The third-order valence-corrected chi connectivity index (χ3v) is 3.37. The molecule has 162 valence electrons. The van der Waals surface area contributed by atoms with E-state index in [1.807, 2.05) is 19.1 Å². The van der Waals surface area contributed by atoms with Crippen molar-refractivity contribution in [2.24, 2.45) is 10.7 Å². The molecule has 0 fully saturated rings. The van der Waals surface area contributed by atoms with Gasteiger partial charge in [-0.25, -0.2) is 19.6 Å². The van der Waals surface area contributed by atoms with Gasteiger partial charge in [0.25, 0.3) is 0 Å². The van der Waals surface area contributed by atoms with Crippen LogP contribution in [0.4, 0.5) is 15.4 Å². The van der Waals surface area contributed by atoms with Gasteiger partial charge in [-0.05, 0) is 66.2 Å². The summed E-state index contributed by atoms with van der Waals surface area (Å²) in [5.41, 5.74) is 5.40. The smallest absolute Gasteiger partial charge is 0.437 e. The summed E-state index contributed by atoms with van der Waals surface area (Å²) in [4.78, 5) is 37.9. The quantitative estimate of drug-likeness (QED) is 0.586. The molecule has 2 amide bonds. The van der Waals surface area contributed by atoms with E-state index in [1.165, 1.54) is 12.5 Å². The number of aliphatic imine (C=N–C) groups is 1. The highest BCUT2D eigenvalue weighted by atomic mass is 16.6. The second-order valence-corrected chi connectivity index (χ2v) is 8.60.